The smallest absolute Gasteiger partial charge is 0.191 e. The first kappa shape index (κ1) is 21.4. The first-order valence-corrected chi connectivity index (χ1v) is 9.48. The van der Waals surface area contributed by atoms with Crippen LogP contribution in [0.5, 0.6) is 0 Å². The van der Waals surface area contributed by atoms with Crippen molar-refractivity contribution in [3.63, 3.8) is 0 Å². The first-order valence-electron chi connectivity index (χ1n) is 9.48. The highest BCUT2D eigenvalue weighted by Gasteiger charge is 2.44. The fourth-order valence-electron chi connectivity index (χ4n) is 3.64. The van der Waals surface area contributed by atoms with Gasteiger partial charge in [-0.2, -0.15) is 0 Å². The third kappa shape index (κ3) is 5.33. The number of halogens is 1. The van der Waals surface area contributed by atoms with Crippen molar-refractivity contribution in [3.8, 4) is 0 Å². The van der Waals surface area contributed by atoms with Crippen molar-refractivity contribution in [2.24, 2.45) is 10.4 Å². The van der Waals surface area contributed by atoms with E-state index >= 15 is 0 Å². The molecule has 3 N–H and O–H groups in total. The molecule has 5 nitrogen and oxygen atoms in total. The second-order valence-electron chi connectivity index (χ2n) is 7.47. The number of ether oxygens (including phenoxy) is 1. The Labute approximate surface area is 174 Å². The normalized spacial score (nSPS) is 24.0. The lowest BCUT2D eigenvalue weighted by Gasteiger charge is -2.25. The van der Waals surface area contributed by atoms with Gasteiger partial charge in [-0.25, -0.2) is 0 Å². The molecule has 1 aromatic carbocycles. The Hall–Kier alpha value is -0.860. The van der Waals surface area contributed by atoms with Crippen molar-refractivity contribution in [2.75, 3.05) is 39.5 Å². The molecule has 0 bridgehead atoms. The lowest BCUT2D eigenvalue weighted by Crippen LogP contribution is -2.42. The molecule has 26 heavy (non-hydrogen) atoms. The number of benzene rings is 1. The molecule has 2 aliphatic rings. The average molecular weight is 473 g/mol. The average Bonchev–Trinajstić information content (AvgIpc) is 3.30. The van der Waals surface area contributed by atoms with Crippen LogP contribution in [0.15, 0.2) is 35.3 Å². The number of aliphatic imine (C=N–C) groups is 1. The molecule has 1 aromatic rings. The fourth-order valence-corrected chi connectivity index (χ4v) is 3.64. The van der Waals surface area contributed by atoms with Gasteiger partial charge in [0, 0.05) is 37.1 Å². The van der Waals surface area contributed by atoms with E-state index in [0.29, 0.717) is 13.2 Å². The maximum absolute atomic E-state index is 9.37. The van der Waals surface area contributed by atoms with Gasteiger partial charge < -0.3 is 20.5 Å². The predicted octanol–water partition coefficient (Wildman–Crippen LogP) is 2.68. The molecule has 0 spiro atoms. The highest BCUT2D eigenvalue weighted by molar-refractivity contribution is 14.0. The molecule has 1 unspecified atom stereocenters. The number of guanidine groups is 1. The Morgan fingerprint density at radius 1 is 1.19 bits per heavy atom. The SMILES string of the molecule is CCNC(=NCC1(CCO)CCOC1)NCC1(c2ccccc2)CC1.I. The summed E-state index contributed by atoms with van der Waals surface area (Å²) in [5.41, 5.74) is 1.67. The van der Waals surface area contributed by atoms with Gasteiger partial charge in [-0.3, -0.25) is 4.99 Å². The molecule has 2 fully saturated rings. The number of nitrogens with zero attached hydrogens (tertiary/aromatic N) is 1. The van der Waals surface area contributed by atoms with Gasteiger partial charge >= 0.3 is 0 Å². The zero-order chi connectivity index (χ0) is 17.6. The summed E-state index contributed by atoms with van der Waals surface area (Å²) >= 11 is 0. The van der Waals surface area contributed by atoms with Crippen molar-refractivity contribution in [1.29, 1.82) is 0 Å². The standard InChI is InChI=1S/C20H31N3O2.HI/c1-2-21-18(22-14-19(10-12-24)11-13-25-16-19)23-15-20(8-9-20)17-6-4-3-5-7-17;/h3-7,24H,2,8-16H2,1H3,(H2,21,22,23);1H. The van der Waals surface area contributed by atoms with Crippen molar-refractivity contribution >= 4 is 29.9 Å². The summed E-state index contributed by atoms with van der Waals surface area (Å²) in [4.78, 5) is 4.81. The Bertz CT molecular complexity index is 570. The minimum absolute atomic E-state index is 0. The van der Waals surface area contributed by atoms with E-state index in [0.717, 1.165) is 38.5 Å². The van der Waals surface area contributed by atoms with E-state index in [1.165, 1.54) is 18.4 Å². The topological polar surface area (TPSA) is 65.9 Å². The monoisotopic (exact) mass is 473 g/mol. The van der Waals surface area contributed by atoms with E-state index in [4.69, 9.17) is 9.73 Å². The summed E-state index contributed by atoms with van der Waals surface area (Å²) in [6.07, 6.45) is 4.19. The third-order valence-corrected chi connectivity index (χ3v) is 5.58. The van der Waals surface area contributed by atoms with Gasteiger partial charge in [0.05, 0.1) is 13.2 Å². The molecule has 1 atom stereocenters. The van der Waals surface area contributed by atoms with Crippen molar-refractivity contribution in [3.05, 3.63) is 35.9 Å². The van der Waals surface area contributed by atoms with Crippen LogP contribution in [0, 0.1) is 5.41 Å². The number of nitrogens with one attached hydrogen (secondary N) is 2. The van der Waals surface area contributed by atoms with Gasteiger partial charge in [0.1, 0.15) is 0 Å². The summed E-state index contributed by atoms with van der Waals surface area (Å²) in [5.74, 6) is 0.869. The molecule has 1 saturated carbocycles. The minimum atomic E-state index is -0.00615. The van der Waals surface area contributed by atoms with E-state index in [2.05, 4.69) is 47.9 Å². The van der Waals surface area contributed by atoms with E-state index in [9.17, 15) is 5.11 Å². The summed E-state index contributed by atoms with van der Waals surface area (Å²) in [6.45, 7) is 6.20. The highest BCUT2D eigenvalue weighted by atomic mass is 127. The maximum atomic E-state index is 9.37. The van der Waals surface area contributed by atoms with Crippen molar-refractivity contribution in [2.45, 2.75) is 38.0 Å². The number of hydrogen-bond donors (Lipinski definition) is 3. The lowest BCUT2D eigenvalue weighted by atomic mass is 9.84. The fraction of sp³-hybridized carbons (Fsp3) is 0.650. The molecule has 1 heterocycles. The minimum Gasteiger partial charge on any atom is -0.396 e. The molecule has 6 heteroatoms. The van der Waals surface area contributed by atoms with E-state index in [1.807, 2.05) is 0 Å². The zero-order valence-corrected chi connectivity index (χ0v) is 18.0. The summed E-state index contributed by atoms with van der Waals surface area (Å²) in [7, 11) is 0. The van der Waals surface area contributed by atoms with E-state index in [1.54, 1.807) is 0 Å². The molecule has 1 saturated heterocycles. The van der Waals surface area contributed by atoms with Gasteiger partial charge in [-0.05, 0) is 38.2 Å². The maximum Gasteiger partial charge on any atom is 0.191 e. The third-order valence-electron chi connectivity index (χ3n) is 5.58. The van der Waals surface area contributed by atoms with Gasteiger partial charge in [0.25, 0.3) is 0 Å². The van der Waals surface area contributed by atoms with Crippen LogP contribution in [-0.4, -0.2) is 50.5 Å². The number of hydrogen-bond acceptors (Lipinski definition) is 3. The summed E-state index contributed by atoms with van der Waals surface area (Å²) in [6, 6.07) is 10.8. The van der Waals surface area contributed by atoms with Crippen LogP contribution in [-0.2, 0) is 10.2 Å². The highest BCUT2D eigenvalue weighted by Crippen LogP contribution is 2.47. The predicted molar refractivity (Wildman–Crippen MR) is 116 cm³/mol. The van der Waals surface area contributed by atoms with E-state index in [-0.39, 0.29) is 41.4 Å². The van der Waals surface area contributed by atoms with Crippen molar-refractivity contribution in [1.82, 2.24) is 10.6 Å². The van der Waals surface area contributed by atoms with Crippen LogP contribution in [0.2, 0.25) is 0 Å². The van der Waals surface area contributed by atoms with Crippen LogP contribution in [0.4, 0.5) is 0 Å². The van der Waals surface area contributed by atoms with Gasteiger partial charge in [-0.1, -0.05) is 30.3 Å². The zero-order valence-electron chi connectivity index (χ0n) is 15.7. The van der Waals surface area contributed by atoms with Crippen LogP contribution in [0.1, 0.15) is 38.2 Å². The second-order valence-corrected chi connectivity index (χ2v) is 7.47. The lowest BCUT2D eigenvalue weighted by molar-refractivity contribution is 0.131. The summed E-state index contributed by atoms with van der Waals surface area (Å²) < 4.78 is 5.57. The molecule has 0 radical (unpaired) electrons. The van der Waals surface area contributed by atoms with Gasteiger partial charge in [-0.15, -0.1) is 24.0 Å². The van der Waals surface area contributed by atoms with Gasteiger partial charge in [0.15, 0.2) is 5.96 Å². The molecular weight excluding hydrogens is 441 g/mol. The molecule has 146 valence electrons. The Balaban J connectivity index is 0.00000243. The van der Waals surface area contributed by atoms with Crippen LogP contribution in [0.3, 0.4) is 0 Å². The summed E-state index contributed by atoms with van der Waals surface area (Å²) in [5, 5.41) is 16.3. The van der Waals surface area contributed by atoms with Crippen LogP contribution >= 0.6 is 24.0 Å². The Morgan fingerprint density at radius 2 is 1.96 bits per heavy atom. The van der Waals surface area contributed by atoms with Gasteiger partial charge in [0.2, 0.25) is 0 Å². The molecule has 1 aliphatic heterocycles. The Morgan fingerprint density at radius 3 is 2.54 bits per heavy atom. The largest absolute Gasteiger partial charge is 0.396 e. The molecule has 3 rings (SSSR count). The van der Waals surface area contributed by atoms with Crippen molar-refractivity contribution < 1.29 is 9.84 Å². The number of aliphatic hydroxyl groups is 1. The molecule has 0 amide bonds. The first-order chi connectivity index (χ1) is 12.2. The molecular formula is C20H32IN3O2. The molecule has 0 aromatic heterocycles. The quantitative estimate of drug-likeness (QED) is 0.309. The van der Waals surface area contributed by atoms with Crippen LogP contribution < -0.4 is 10.6 Å². The number of aliphatic hydroxyl groups excluding tert-OH is 1. The van der Waals surface area contributed by atoms with Crippen LogP contribution in [0.25, 0.3) is 0 Å². The molecule has 1 aliphatic carbocycles. The number of rotatable bonds is 8. The second kappa shape index (κ2) is 9.90. The Kier molecular flexibility index (Phi) is 8.16. The van der Waals surface area contributed by atoms with E-state index < -0.39 is 0 Å².